The van der Waals surface area contributed by atoms with Crippen molar-refractivity contribution in [1.82, 2.24) is 0 Å². The minimum atomic E-state index is -0.320. The number of halogens is 1. The SMILES string of the molecule is O=C1c2cccc(Br)c2C(=O)c2cccc(O)c21. The summed E-state index contributed by atoms with van der Waals surface area (Å²) in [6, 6.07) is 9.53. The van der Waals surface area contributed by atoms with Crippen molar-refractivity contribution in [3.05, 3.63) is 63.1 Å². The molecule has 3 nitrogen and oxygen atoms in total. The number of rotatable bonds is 0. The first-order valence-electron chi connectivity index (χ1n) is 5.31. The predicted octanol–water partition coefficient (Wildman–Crippen LogP) is 2.93. The molecular weight excluding hydrogens is 296 g/mol. The van der Waals surface area contributed by atoms with Crippen LogP contribution in [0.2, 0.25) is 0 Å². The van der Waals surface area contributed by atoms with Gasteiger partial charge in [0.25, 0.3) is 0 Å². The monoisotopic (exact) mass is 302 g/mol. The summed E-state index contributed by atoms with van der Waals surface area (Å²) in [4.78, 5) is 24.6. The molecule has 18 heavy (non-hydrogen) atoms. The minimum Gasteiger partial charge on any atom is -0.507 e. The van der Waals surface area contributed by atoms with Crippen LogP contribution >= 0.6 is 15.9 Å². The maximum atomic E-state index is 12.3. The van der Waals surface area contributed by atoms with Crippen LogP contribution in [-0.2, 0) is 0 Å². The number of aromatic hydroxyl groups is 1. The van der Waals surface area contributed by atoms with Gasteiger partial charge in [-0.2, -0.15) is 0 Å². The highest BCUT2D eigenvalue weighted by atomic mass is 79.9. The maximum absolute atomic E-state index is 12.3. The van der Waals surface area contributed by atoms with Crippen molar-refractivity contribution in [2.24, 2.45) is 0 Å². The summed E-state index contributed by atoms with van der Waals surface area (Å²) in [5.74, 6) is -0.724. The molecule has 0 aromatic heterocycles. The van der Waals surface area contributed by atoms with Gasteiger partial charge in [-0.25, -0.2) is 0 Å². The minimum absolute atomic E-state index is 0.0908. The van der Waals surface area contributed by atoms with E-state index in [0.717, 1.165) is 0 Å². The normalized spacial score (nSPS) is 13.2. The molecule has 0 radical (unpaired) electrons. The third-order valence-electron chi connectivity index (χ3n) is 3.00. The highest BCUT2D eigenvalue weighted by molar-refractivity contribution is 9.10. The second-order valence-corrected chi connectivity index (χ2v) is 4.87. The van der Waals surface area contributed by atoms with E-state index < -0.39 is 0 Å². The van der Waals surface area contributed by atoms with Crippen LogP contribution in [0.3, 0.4) is 0 Å². The summed E-state index contributed by atoms with van der Waals surface area (Å²) in [5.41, 5.74) is 1.02. The highest BCUT2D eigenvalue weighted by Crippen LogP contribution is 2.35. The Labute approximate surface area is 111 Å². The average Bonchev–Trinajstić information content (AvgIpc) is 2.35. The van der Waals surface area contributed by atoms with E-state index in [0.29, 0.717) is 15.6 Å². The number of ketones is 2. The Kier molecular flexibility index (Phi) is 2.35. The topological polar surface area (TPSA) is 54.4 Å². The van der Waals surface area contributed by atoms with Crippen molar-refractivity contribution in [1.29, 1.82) is 0 Å². The van der Waals surface area contributed by atoms with E-state index in [4.69, 9.17) is 0 Å². The molecule has 3 rings (SSSR count). The molecule has 1 aliphatic rings. The van der Waals surface area contributed by atoms with Crippen LogP contribution < -0.4 is 0 Å². The van der Waals surface area contributed by atoms with Crippen molar-refractivity contribution in [3.63, 3.8) is 0 Å². The Hall–Kier alpha value is -1.94. The Morgan fingerprint density at radius 1 is 0.833 bits per heavy atom. The van der Waals surface area contributed by atoms with E-state index in [1.54, 1.807) is 30.3 Å². The van der Waals surface area contributed by atoms with Crippen molar-refractivity contribution in [3.8, 4) is 5.75 Å². The van der Waals surface area contributed by atoms with E-state index in [-0.39, 0.29) is 28.4 Å². The first-order valence-corrected chi connectivity index (χ1v) is 6.10. The Morgan fingerprint density at radius 3 is 2.11 bits per heavy atom. The molecule has 0 atom stereocenters. The largest absolute Gasteiger partial charge is 0.507 e. The second-order valence-electron chi connectivity index (χ2n) is 4.02. The van der Waals surface area contributed by atoms with Gasteiger partial charge in [0, 0.05) is 21.2 Å². The zero-order chi connectivity index (χ0) is 12.9. The molecule has 0 bridgehead atoms. The van der Waals surface area contributed by atoms with Crippen LogP contribution in [0.15, 0.2) is 40.9 Å². The molecule has 0 amide bonds. The highest BCUT2D eigenvalue weighted by Gasteiger charge is 2.32. The first-order chi connectivity index (χ1) is 8.61. The zero-order valence-corrected chi connectivity index (χ0v) is 10.7. The van der Waals surface area contributed by atoms with Crippen LogP contribution in [0.4, 0.5) is 0 Å². The fourth-order valence-corrected chi connectivity index (χ4v) is 2.73. The molecule has 88 valence electrons. The summed E-state index contributed by atoms with van der Waals surface area (Å²) in [5, 5.41) is 9.75. The summed E-state index contributed by atoms with van der Waals surface area (Å²) >= 11 is 3.28. The number of hydrogen-bond acceptors (Lipinski definition) is 3. The van der Waals surface area contributed by atoms with Crippen LogP contribution in [0.1, 0.15) is 31.8 Å². The quantitative estimate of drug-likeness (QED) is 0.694. The van der Waals surface area contributed by atoms with Gasteiger partial charge in [-0.05, 0) is 12.1 Å². The van der Waals surface area contributed by atoms with Gasteiger partial charge in [0.1, 0.15) is 5.75 Å². The van der Waals surface area contributed by atoms with Crippen molar-refractivity contribution in [2.75, 3.05) is 0 Å². The van der Waals surface area contributed by atoms with Crippen LogP contribution in [0.25, 0.3) is 0 Å². The lowest BCUT2D eigenvalue weighted by atomic mass is 9.84. The summed E-state index contributed by atoms with van der Waals surface area (Å²) < 4.78 is 0.590. The number of phenolic OH excluding ortho intramolecular Hbond substituents is 1. The van der Waals surface area contributed by atoms with E-state index in [2.05, 4.69) is 15.9 Å². The molecule has 1 N–H and O–H groups in total. The van der Waals surface area contributed by atoms with Gasteiger partial charge in [-0.3, -0.25) is 9.59 Å². The number of hydrogen-bond donors (Lipinski definition) is 1. The molecule has 0 unspecified atom stereocenters. The third-order valence-corrected chi connectivity index (χ3v) is 3.66. The van der Waals surface area contributed by atoms with Crippen LogP contribution in [-0.4, -0.2) is 16.7 Å². The lowest BCUT2D eigenvalue weighted by molar-refractivity contribution is 0.0976. The average molecular weight is 303 g/mol. The molecular formula is C14H7BrO3. The van der Waals surface area contributed by atoms with Gasteiger partial charge >= 0.3 is 0 Å². The number of carbonyl (C=O) groups is 2. The lowest BCUT2D eigenvalue weighted by Crippen LogP contribution is -2.21. The van der Waals surface area contributed by atoms with E-state index >= 15 is 0 Å². The van der Waals surface area contributed by atoms with Crippen LogP contribution in [0, 0.1) is 0 Å². The molecule has 1 aliphatic carbocycles. The molecule has 0 fully saturated rings. The number of fused-ring (bicyclic) bond motifs is 2. The Morgan fingerprint density at radius 2 is 1.39 bits per heavy atom. The lowest BCUT2D eigenvalue weighted by Gasteiger charge is -2.18. The molecule has 2 aromatic carbocycles. The Balaban J connectivity index is 2.40. The number of carbonyl (C=O) groups excluding carboxylic acids is 2. The van der Waals surface area contributed by atoms with Crippen molar-refractivity contribution < 1.29 is 14.7 Å². The van der Waals surface area contributed by atoms with Crippen molar-refractivity contribution >= 4 is 27.5 Å². The van der Waals surface area contributed by atoms with E-state index in [9.17, 15) is 14.7 Å². The Bertz CT molecular complexity index is 643. The van der Waals surface area contributed by atoms with Gasteiger partial charge in [-0.1, -0.05) is 40.2 Å². The summed E-state index contributed by atoms with van der Waals surface area (Å²) in [6.07, 6.45) is 0. The summed E-state index contributed by atoms with van der Waals surface area (Å²) in [6.45, 7) is 0. The molecule has 0 saturated carbocycles. The van der Waals surface area contributed by atoms with Crippen LogP contribution in [0.5, 0.6) is 5.75 Å². The summed E-state index contributed by atoms with van der Waals surface area (Å²) in [7, 11) is 0. The molecule has 0 spiro atoms. The zero-order valence-electron chi connectivity index (χ0n) is 9.11. The first kappa shape index (κ1) is 11.2. The number of phenols is 1. The molecule has 0 aliphatic heterocycles. The van der Waals surface area contributed by atoms with E-state index in [1.807, 2.05) is 0 Å². The molecule has 2 aromatic rings. The van der Waals surface area contributed by atoms with E-state index in [1.165, 1.54) is 6.07 Å². The molecule has 0 heterocycles. The smallest absolute Gasteiger partial charge is 0.198 e. The molecule has 4 heteroatoms. The van der Waals surface area contributed by atoms with Gasteiger partial charge in [-0.15, -0.1) is 0 Å². The van der Waals surface area contributed by atoms with Gasteiger partial charge in [0.05, 0.1) is 5.56 Å². The van der Waals surface area contributed by atoms with Gasteiger partial charge < -0.3 is 5.11 Å². The standard InChI is InChI=1S/C14H7BrO3/c15-9-5-1-3-7-11(9)13(17)8-4-2-6-10(16)12(8)14(7)18/h1-6,16H. The third kappa shape index (κ3) is 1.36. The maximum Gasteiger partial charge on any atom is 0.198 e. The number of benzene rings is 2. The van der Waals surface area contributed by atoms with Gasteiger partial charge in [0.2, 0.25) is 0 Å². The van der Waals surface area contributed by atoms with Gasteiger partial charge in [0.15, 0.2) is 11.6 Å². The predicted molar refractivity (Wildman–Crippen MR) is 69.1 cm³/mol. The fraction of sp³-hybridized carbons (Fsp3) is 0. The second kappa shape index (κ2) is 3.78. The molecule has 0 saturated heterocycles. The fourth-order valence-electron chi connectivity index (χ4n) is 2.18. The van der Waals surface area contributed by atoms with Crippen molar-refractivity contribution in [2.45, 2.75) is 0 Å².